The zero-order valence-electron chi connectivity index (χ0n) is 13.1. The van der Waals surface area contributed by atoms with E-state index in [9.17, 15) is 0 Å². The Hall–Kier alpha value is -1.09. The van der Waals surface area contributed by atoms with Crippen LogP contribution in [0.1, 0.15) is 39.7 Å². The molecular formula is C16H29N3. The van der Waals surface area contributed by atoms with Crippen molar-refractivity contribution in [3.05, 3.63) is 24.0 Å². The summed E-state index contributed by atoms with van der Waals surface area (Å²) in [5.41, 5.74) is 2.58. The number of anilines is 1. The third kappa shape index (κ3) is 5.60. The smallest absolute Gasteiger partial charge is 0.0440 e. The fraction of sp³-hybridized carbons (Fsp3) is 0.688. The summed E-state index contributed by atoms with van der Waals surface area (Å²) in [6.07, 6.45) is 5.08. The van der Waals surface area contributed by atoms with Crippen LogP contribution in [0.15, 0.2) is 18.5 Å². The third-order valence-corrected chi connectivity index (χ3v) is 3.44. The van der Waals surface area contributed by atoms with E-state index in [0.29, 0.717) is 5.92 Å². The first kappa shape index (κ1) is 16.0. The maximum absolute atomic E-state index is 4.26. The zero-order valence-corrected chi connectivity index (χ0v) is 13.1. The molecule has 0 spiro atoms. The van der Waals surface area contributed by atoms with Crippen LogP contribution in [0, 0.1) is 11.8 Å². The molecule has 1 rings (SSSR count). The van der Waals surface area contributed by atoms with E-state index in [-0.39, 0.29) is 0 Å². The minimum absolute atomic E-state index is 0.679. The van der Waals surface area contributed by atoms with Crippen molar-refractivity contribution in [1.82, 2.24) is 10.3 Å². The van der Waals surface area contributed by atoms with Gasteiger partial charge in [-0.3, -0.25) is 4.98 Å². The predicted molar refractivity (Wildman–Crippen MR) is 83.5 cm³/mol. The van der Waals surface area contributed by atoms with Crippen molar-refractivity contribution in [1.29, 1.82) is 0 Å². The molecule has 1 heterocycles. The lowest BCUT2D eigenvalue weighted by Gasteiger charge is -2.25. The first-order chi connectivity index (χ1) is 9.04. The van der Waals surface area contributed by atoms with E-state index in [1.807, 2.05) is 12.4 Å². The first-order valence-corrected chi connectivity index (χ1v) is 7.39. The van der Waals surface area contributed by atoms with Crippen molar-refractivity contribution in [3.63, 3.8) is 0 Å². The van der Waals surface area contributed by atoms with E-state index in [4.69, 9.17) is 0 Å². The van der Waals surface area contributed by atoms with Crippen molar-refractivity contribution >= 4 is 5.69 Å². The molecule has 1 aromatic heterocycles. The minimum Gasteiger partial charge on any atom is -0.374 e. The molecule has 0 aromatic carbocycles. The number of nitrogens with one attached hydrogen (secondary N) is 1. The van der Waals surface area contributed by atoms with Gasteiger partial charge in [-0.05, 0) is 24.4 Å². The molecule has 19 heavy (non-hydrogen) atoms. The van der Waals surface area contributed by atoms with Gasteiger partial charge in [0.1, 0.15) is 0 Å². The van der Waals surface area contributed by atoms with Gasteiger partial charge in [0.25, 0.3) is 0 Å². The second-order valence-corrected chi connectivity index (χ2v) is 5.92. The quantitative estimate of drug-likeness (QED) is 0.780. The highest BCUT2D eigenvalue weighted by molar-refractivity contribution is 5.51. The monoisotopic (exact) mass is 263 g/mol. The van der Waals surface area contributed by atoms with Gasteiger partial charge in [-0.25, -0.2) is 0 Å². The van der Waals surface area contributed by atoms with E-state index in [0.717, 1.165) is 25.6 Å². The number of rotatable bonds is 8. The zero-order chi connectivity index (χ0) is 14.3. The van der Waals surface area contributed by atoms with Crippen molar-refractivity contribution in [2.75, 3.05) is 25.0 Å². The molecule has 0 amide bonds. The maximum Gasteiger partial charge on any atom is 0.0440 e. The third-order valence-electron chi connectivity index (χ3n) is 3.44. The maximum atomic E-state index is 4.26. The predicted octanol–water partition coefficient (Wildman–Crippen LogP) is 3.31. The number of aromatic nitrogens is 1. The van der Waals surface area contributed by atoms with Gasteiger partial charge in [0.2, 0.25) is 0 Å². The lowest BCUT2D eigenvalue weighted by molar-refractivity contribution is 0.546. The molecule has 0 aliphatic carbocycles. The van der Waals surface area contributed by atoms with Crippen LogP contribution in [-0.4, -0.2) is 25.1 Å². The van der Waals surface area contributed by atoms with E-state index in [2.05, 4.69) is 56.0 Å². The Kier molecular flexibility index (Phi) is 6.85. The van der Waals surface area contributed by atoms with Crippen LogP contribution < -0.4 is 10.2 Å². The molecule has 1 atom stereocenters. The van der Waals surface area contributed by atoms with E-state index >= 15 is 0 Å². The summed E-state index contributed by atoms with van der Waals surface area (Å²) in [7, 11) is 2.17. The molecular weight excluding hydrogens is 234 g/mol. The van der Waals surface area contributed by atoms with Gasteiger partial charge < -0.3 is 10.2 Å². The Balaban J connectivity index is 2.66. The second kappa shape index (κ2) is 8.16. The summed E-state index contributed by atoms with van der Waals surface area (Å²) in [5.74, 6) is 1.40. The molecule has 1 aromatic rings. The molecule has 0 bridgehead atoms. The van der Waals surface area contributed by atoms with Gasteiger partial charge in [0, 0.05) is 43.8 Å². The van der Waals surface area contributed by atoms with Crippen LogP contribution in [0.5, 0.6) is 0 Å². The number of hydrogen-bond acceptors (Lipinski definition) is 3. The van der Waals surface area contributed by atoms with Crippen LogP contribution in [0.3, 0.4) is 0 Å². The molecule has 0 aliphatic heterocycles. The first-order valence-electron chi connectivity index (χ1n) is 7.39. The van der Waals surface area contributed by atoms with Crippen LogP contribution in [0.25, 0.3) is 0 Å². The highest BCUT2D eigenvalue weighted by atomic mass is 15.1. The van der Waals surface area contributed by atoms with Gasteiger partial charge in [-0.1, -0.05) is 34.1 Å². The average molecular weight is 263 g/mol. The Morgan fingerprint density at radius 2 is 2.05 bits per heavy atom. The van der Waals surface area contributed by atoms with Crippen molar-refractivity contribution in [3.8, 4) is 0 Å². The summed E-state index contributed by atoms with van der Waals surface area (Å²) in [6.45, 7) is 12.0. The summed E-state index contributed by atoms with van der Waals surface area (Å²) in [5, 5.41) is 3.50. The fourth-order valence-corrected chi connectivity index (χ4v) is 2.12. The number of pyridine rings is 1. The van der Waals surface area contributed by atoms with Crippen molar-refractivity contribution < 1.29 is 0 Å². The number of hydrogen-bond donors (Lipinski definition) is 1. The molecule has 3 nitrogen and oxygen atoms in total. The molecule has 0 radical (unpaired) electrons. The fourth-order valence-electron chi connectivity index (χ4n) is 2.12. The summed E-state index contributed by atoms with van der Waals surface area (Å²) < 4.78 is 0. The second-order valence-electron chi connectivity index (χ2n) is 5.92. The van der Waals surface area contributed by atoms with Gasteiger partial charge >= 0.3 is 0 Å². The highest BCUT2D eigenvalue weighted by Crippen LogP contribution is 2.19. The van der Waals surface area contributed by atoms with E-state index in [1.165, 1.54) is 17.7 Å². The molecule has 1 N–H and O–H groups in total. The van der Waals surface area contributed by atoms with Gasteiger partial charge in [0.05, 0.1) is 0 Å². The molecule has 3 heteroatoms. The van der Waals surface area contributed by atoms with Gasteiger partial charge in [-0.15, -0.1) is 0 Å². The lowest BCUT2D eigenvalue weighted by Crippen LogP contribution is -2.26. The SMILES string of the molecule is CCC(C)CN(C)c1ccncc1CNCC(C)C. The van der Waals surface area contributed by atoms with E-state index in [1.54, 1.807) is 0 Å². The molecule has 0 fully saturated rings. The Bertz CT molecular complexity index is 363. The van der Waals surface area contributed by atoms with Crippen LogP contribution in [0.2, 0.25) is 0 Å². The van der Waals surface area contributed by atoms with Crippen molar-refractivity contribution in [2.24, 2.45) is 11.8 Å². The lowest BCUT2D eigenvalue weighted by atomic mass is 10.1. The Labute approximate surface area is 118 Å². The summed E-state index contributed by atoms with van der Waals surface area (Å²) in [6, 6.07) is 2.12. The standard InChI is InChI=1S/C16H29N3/c1-6-14(4)12-19(5)16-7-8-17-10-15(16)11-18-9-13(2)3/h7-8,10,13-14,18H,6,9,11-12H2,1-5H3. The van der Waals surface area contributed by atoms with E-state index < -0.39 is 0 Å². The molecule has 0 aliphatic rings. The van der Waals surface area contributed by atoms with Gasteiger partial charge in [0.15, 0.2) is 0 Å². The molecule has 1 unspecified atom stereocenters. The average Bonchev–Trinajstić information content (AvgIpc) is 2.38. The van der Waals surface area contributed by atoms with Crippen molar-refractivity contribution in [2.45, 2.75) is 40.7 Å². The highest BCUT2D eigenvalue weighted by Gasteiger charge is 2.10. The van der Waals surface area contributed by atoms with Crippen LogP contribution in [-0.2, 0) is 6.54 Å². The molecule has 0 saturated carbocycles. The number of nitrogens with zero attached hydrogens (tertiary/aromatic N) is 2. The van der Waals surface area contributed by atoms with Crippen LogP contribution >= 0.6 is 0 Å². The topological polar surface area (TPSA) is 28.2 Å². The molecule has 108 valence electrons. The Morgan fingerprint density at radius 3 is 2.68 bits per heavy atom. The van der Waals surface area contributed by atoms with Crippen LogP contribution in [0.4, 0.5) is 5.69 Å². The summed E-state index contributed by atoms with van der Waals surface area (Å²) >= 11 is 0. The Morgan fingerprint density at radius 1 is 1.32 bits per heavy atom. The normalized spacial score (nSPS) is 12.7. The molecule has 0 saturated heterocycles. The largest absolute Gasteiger partial charge is 0.374 e. The minimum atomic E-state index is 0.679. The van der Waals surface area contributed by atoms with Gasteiger partial charge in [-0.2, -0.15) is 0 Å². The summed E-state index contributed by atoms with van der Waals surface area (Å²) in [4.78, 5) is 6.61.